The van der Waals surface area contributed by atoms with Crippen LogP contribution in [0.25, 0.3) is 0 Å². The predicted octanol–water partition coefficient (Wildman–Crippen LogP) is 1.67. The minimum absolute atomic E-state index is 0.134. The highest BCUT2D eigenvalue weighted by Gasteiger charge is 2.31. The molecule has 13 nitrogen and oxygen atoms in total. The normalized spacial score (nSPS) is 15.8. The Morgan fingerprint density at radius 2 is 1.49 bits per heavy atom. The molecule has 254 valence electrons. The minimum Gasteiger partial charge on any atom is -0.458 e. The Hall–Kier alpha value is -3.61. The Labute approximate surface area is 266 Å². The molecule has 0 unspecified atom stereocenters. The quantitative estimate of drug-likeness (QED) is 0.0874. The van der Waals surface area contributed by atoms with E-state index in [0.717, 1.165) is 4.90 Å². The van der Waals surface area contributed by atoms with Crippen molar-refractivity contribution in [3.05, 3.63) is 12.2 Å². The van der Waals surface area contributed by atoms with Crippen LogP contribution < -0.4 is 21.7 Å². The van der Waals surface area contributed by atoms with Crippen molar-refractivity contribution in [2.75, 3.05) is 13.1 Å². The number of amides is 5. The van der Waals surface area contributed by atoms with Crippen LogP contribution >= 0.6 is 0 Å². The summed E-state index contributed by atoms with van der Waals surface area (Å²) >= 11 is 0. The lowest BCUT2D eigenvalue weighted by Crippen LogP contribution is -2.48. The Morgan fingerprint density at radius 1 is 0.867 bits per heavy atom. The van der Waals surface area contributed by atoms with Crippen LogP contribution in [-0.2, 0) is 38.3 Å². The highest BCUT2D eigenvalue weighted by molar-refractivity contribution is 6.12. The first-order chi connectivity index (χ1) is 20.9. The second-order valence-corrected chi connectivity index (χ2v) is 13.0. The number of esters is 1. The molecule has 1 aliphatic heterocycles. The zero-order chi connectivity index (χ0) is 34.3. The number of unbranched alkanes of at least 4 members (excludes halogenated alkanes) is 3. The van der Waals surface area contributed by atoms with Crippen molar-refractivity contribution in [3.63, 3.8) is 0 Å². The van der Waals surface area contributed by atoms with Crippen molar-refractivity contribution in [2.24, 2.45) is 17.6 Å². The summed E-state index contributed by atoms with van der Waals surface area (Å²) in [6.07, 6.45) is 5.60. The first-order valence-electron chi connectivity index (χ1n) is 15.8. The van der Waals surface area contributed by atoms with Gasteiger partial charge in [0.15, 0.2) is 5.78 Å². The molecule has 0 aromatic heterocycles. The van der Waals surface area contributed by atoms with Crippen LogP contribution in [0, 0.1) is 11.8 Å². The largest absolute Gasteiger partial charge is 0.458 e. The third kappa shape index (κ3) is 15.3. The van der Waals surface area contributed by atoms with Crippen LogP contribution in [-0.4, -0.2) is 83.0 Å². The van der Waals surface area contributed by atoms with E-state index in [4.69, 9.17) is 10.5 Å². The smallest absolute Gasteiger partial charge is 0.329 e. The molecule has 0 saturated heterocycles. The van der Waals surface area contributed by atoms with Gasteiger partial charge in [0.25, 0.3) is 11.8 Å². The van der Waals surface area contributed by atoms with Gasteiger partial charge in [-0.15, -0.1) is 0 Å². The van der Waals surface area contributed by atoms with Crippen LogP contribution in [0.5, 0.6) is 0 Å². The number of Topliss-reactive ketones (excluding diaryl/α,β-unsaturated/α-hetero) is 1. The van der Waals surface area contributed by atoms with Gasteiger partial charge in [-0.05, 0) is 65.7 Å². The molecule has 0 saturated carbocycles. The molecule has 45 heavy (non-hydrogen) atoms. The topological polar surface area (TPSA) is 194 Å². The molecule has 1 aliphatic rings. The Kier molecular flexibility index (Phi) is 16.7. The average Bonchev–Trinajstić information content (AvgIpc) is 3.25. The number of carbonyl (C=O) groups is 7. The average molecular weight is 636 g/mol. The van der Waals surface area contributed by atoms with Gasteiger partial charge >= 0.3 is 5.97 Å². The van der Waals surface area contributed by atoms with E-state index in [1.165, 1.54) is 12.2 Å². The van der Waals surface area contributed by atoms with E-state index >= 15 is 0 Å². The maximum absolute atomic E-state index is 13.2. The molecular formula is C32H53N5O8. The number of imide groups is 1. The van der Waals surface area contributed by atoms with Gasteiger partial charge in [-0.1, -0.05) is 27.2 Å². The molecule has 4 atom stereocenters. The van der Waals surface area contributed by atoms with Crippen molar-refractivity contribution in [3.8, 4) is 0 Å². The summed E-state index contributed by atoms with van der Waals surface area (Å²) < 4.78 is 5.50. The first-order valence-corrected chi connectivity index (χ1v) is 15.8. The summed E-state index contributed by atoms with van der Waals surface area (Å²) in [4.78, 5) is 87.8. The third-order valence-electron chi connectivity index (χ3n) is 7.11. The second kappa shape index (κ2) is 19.0. The Balaban J connectivity index is 2.63. The summed E-state index contributed by atoms with van der Waals surface area (Å²) in [7, 11) is 0. The van der Waals surface area contributed by atoms with E-state index in [-0.39, 0.29) is 54.6 Å². The fourth-order valence-corrected chi connectivity index (χ4v) is 4.55. The first kappa shape index (κ1) is 39.4. The molecule has 0 fully saturated rings. The SMILES string of the molecule is CC(C)[C@H](NC(=O)CCCCCN1C(=O)C=CC1=O)C(=O)C[C@@H](C)C(=O)N[C@@H](CCCCNC(=O)[C@@H](C)N)C(=O)OC(C)(C)C. The lowest BCUT2D eigenvalue weighted by Gasteiger charge is -2.26. The van der Waals surface area contributed by atoms with Gasteiger partial charge in [0, 0.05) is 44.0 Å². The predicted molar refractivity (Wildman–Crippen MR) is 168 cm³/mol. The van der Waals surface area contributed by atoms with Gasteiger partial charge in [-0.25, -0.2) is 4.79 Å². The van der Waals surface area contributed by atoms with E-state index in [0.29, 0.717) is 45.2 Å². The van der Waals surface area contributed by atoms with E-state index in [9.17, 15) is 33.6 Å². The van der Waals surface area contributed by atoms with Crippen LogP contribution in [0.15, 0.2) is 12.2 Å². The van der Waals surface area contributed by atoms with Gasteiger partial charge in [0.05, 0.1) is 12.1 Å². The van der Waals surface area contributed by atoms with Crippen molar-refractivity contribution in [2.45, 2.75) is 124 Å². The fraction of sp³-hybridized carbons (Fsp3) is 0.719. The summed E-state index contributed by atoms with van der Waals surface area (Å²) in [6.45, 7) is 12.6. The van der Waals surface area contributed by atoms with Crippen LogP contribution in [0.1, 0.15) is 99.8 Å². The van der Waals surface area contributed by atoms with E-state index in [2.05, 4.69) is 16.0 Å². The molecule has 0 aromatic rings. The van der Waals surface area contributed by atoms with Crippen LogP contribution in [0.3, 0.4) is 0 Å². The van der Waals surface area contributed by atoms with Crippen LogP contribution in [0.4, 0.5) is 0 Å². The molecule has 5 N–H and O–H groups in total. The standard InChI is InChI=1S/C32H53N5O8/c1-20(2)28(36-25(39)14-9-8-12-18-37-26(40)15-16-27(37)41)24(38)19-21(3)29(42)35-23(31(44)45-32(5,6)7)13-10-11-17-34-30(43)22(4)33/h15-16,20-23,28H,8-14,17-19,33H2,1-7H3,(H,34,43)(H,35,42)(H,36,39)/t21-,22-,23+,28+/m1/s1. The number of rotatable bonds is 20. The second-order valence-electron chi connectivity index (χ2n) is 13.0. The highest BCUT2D eigenvalue weighted by atomic mass is 16.6. The molecule has 1 rings (SSSR count). The Morgan fingerprint density at radius 3 is 2.04 bits per heavy atom. The van der Waals surface area contributed by atoms with Crippen LogP contribution in [0.2, 0.25) is 0 Å². The van der Waals surface area contributed by atoms with Crippen molar-refractivity contribution < 1.29 is 38.3 Å². The fourth-order valence-electron chi connectivity index (χ4n) is 4.55. The highest BCUT2D eigenvalue weighted by Crippen LogP contribution is 2.15. The van der Waals surface area contributed by atoms with Crippen molar-refractivity contribution >= 4 is 41.3 Å². The van der Waals surface area contributed by atoms with Gasteiger partial charge in [0.2, 0.25) is 17.7 Å². The summed E-state index contributed by atoms with van der Waals surface area (Å²) in [6, 6.07) is -2.34. The minimum atomic E-state index is -0.933. The summed E-state index contributed by atoms with van der Waals surface area (Å²) in [5, 5.41) is 8.22. The summed E-state index contributed by atoms with van der Waals surface area (Å²) in [5.74, 6) is -3.58. The third-order valence-corrected chi connectivity index (χ3v) is 7.11. The molecule has 1 heterocycles. The number of hydrogen-bond donors (Lipinski definition) is 4. The number of nitrogens with zero attached hydrogens (tertiary/aromatic N) is 1. The van der Waals surface area contributed by atoms with E-state index in [1.54, 1.807) is 48.5 Å². The molecule has 13 heteroatoms. The number of ketones is 1. The van der Waals surface area contributed by atoms with Crippen molar-refractivity contribution in [1.82, 2.24) is 20.9 Å². The monoisotopic (exact) mass is 635 g/mol. The molecule has 0 bridgehead atoms. The number of nitrogens with two attached hydrogens (primary N) is 1. The number of carbonyl (C=O) groups excluding carboxylic acids is 7. The number of nitrogens with one attached hydrogen (secondary N) is 3. The lowest BCUT2D eigenvalue weighted by molar-refractivity contribution is -0.159. The molecule has 0 spiro atoms. The lowest BCUT2D eigenvalue weighted by atomic mass is 9.92. The van der Waals surface area contributed by atoms with E-state index < -0.39 is 41.5 Å². The number of ether oxygens (including phenoxy) is 1. The number of hydrogen-bond acceptors (Lipinski definition) is 9. The molecule has 0 aliphatic carbocycles. The zero-order valence-corrected chi connectivity index (χ0v) is 27.9. The van der Waals surface area contributed by atoms with E-state index in [1.807, 2.05) is 0 Å². The molecule has 0 aromatic carbocycles. The maximum Gasteiger partial charge on any atom is 0.329 e. The maximum atomic E-state index is 13.2. The molecule has 5 amide bonds. The Bertz CT molecular complexity index is 1080. The van der Waals surface area contributed by atoms with Gasteiger partial charge < -0.3 is 26.4 Å². The van der Waals surface area contributed by atoms with Gasteiger partial charge in [-0.2, -0.15) is 0 Å². The molecule has 0 radical (unpaired) electrons. The van der Waals surface area contributed by atoms with Gasteiger partial charge in [-0.3, -0.25) is 33.7 Å². The zero-order valence-electron chi connectivity index (χ0n) is 27.9. The van der Waals surface area contributed by atoms with Gasteiger partial charge in [0.1, 0.15) is 11.6 Å². The summed E-state index contributed by atoms with van der Waals surface area (Å²) in [5.41, 5.74) is 4.78. The van der Waals surface area contributed by atoms with Crippen molar-refractivity contribution in [1.29, 1.82) is 0 Å². The molecular weight excluding hydrogens is 582 g/mol.